The van der Waals surface area contributed by atoms with Crippen molar-refractivity contribution in [2.24, 2.45) is 7.05 Å². The van der Waals surface area contributed by atoms with Crippen molar-refractivity contribution in [3.05, 3.63) is 77.7 Å². The van der Waals surface area contributed by atoms with Gasteiger partial charge >= 0.3 is 0 Å². The van der Waals surface area contributed by atoms with E-state index in [1.165, 1.54) is 12.1 Å². The SMILES string of the molecule is Cn1nc(-c2ccccc2)cc1C(=O)NCCc1ccc(F)cc1. The smallest absolute Gasteiger partial charge is 0.269 e. The van der Waals surface area contributed by atoms with Crippen molar-refractivity contribution in [3.8, 4) is 11.3 Å². The highest BCUT2D eigenvalue weighted by Crippen LogP contribution is 2.18. The highest BCUT2D eigenvalue weighted by molar-refractivity contribution is 5.93. The molecule has 2 aromatic carbocycles. The lowest BCUT2D eigenvalue weighted by Gasteiger charge is -2.05. The normalized spacial score (nSPS) is 10.6. The maximum absolute atomic E-state index is 12.9. The number of aromatic nitrogens is 2. The van der Waals surface area contributed by atoms with E-state index in [-0.39, 0.29) is 11.7 Å². The van der Waals surface area contributed by atoms with E-state index in [1.54, 1.807) is 29.9 Å². The molecule has 0 spiro atoms. The van der Waals surface area contributed by atoms with Gasteiger partial charge in [0, 0.05) is 19.2 Å². The highest BCUT2D eigenvalue weighted by atomic mass is 19.1. The number of benzene rings is 2. The molecular weight excluding hydrogens is 305 g/mol. The van der Waals surface area contributed by atoms with Crippen molar-refractivity contribution in [1.82, 2.24) is 15.1 Å². The van der Waals surface area contributed by atoms with Crippen LogP contribution in [0.4, 0.5) is 4.39 Å². The molecule has 24 heavy (non-hydrogen) atoms. The minimum Gasteiger partial charge on any atom is -0.350 e. The number of hydrogen-bond acceptors (Lipinski definition) is 2. The van der Waals surface area contributed by atoms with Gasteiger partial charge in [-0.05, 0) is 30.2 Å². The minimum atomic E-state index is -0.258. The Balaban J connectivity index is 1.63. The Labute approximate surface area is 139 Å². The number of carbonyl (C=O) groups excluding carboxylic acids is 1. The summed E-state index contributed by atoms with van der Waals surface area (Å²) in [6, 6.07) is 17.8. The molecule has 1 aromatic heterocycles. The molecule has 3 rings (SSSR count). The standard InChI is InChI=1S/C19H18FN3O/c1-23-18(13-17(22-23)15-5-3-2-4-6-15)19(24)21-12-11-14-7-9-16(20)10-8-14/h2-10,13H,11-12H2,1H3,(H,21,24). The van der Waals surface area contributed by atoms with Crippen LogP contribution >= 0.6 is 0 Å². The first-order valence-corrected chi connectivity index (χ1v) is 7.75. The van der Waals surface area contributed by atoms with Gasteiger partial charge in [-0.25, -0.2) is 4.39 Å². The second-order valence-corrected chi connectivity index (χ2v) is 5.54. The quantitative estimate of drug-likeness (QED) is 0.784. The molecule has 0 atom stereocenters. The van der Waals surface area contributed by atoms with Crippen molar-refractivity contribution in [2.75, 3.05) is 6.54 Å². The van der Waals surface area contributed by atoms with Crippen LogP contribution in [0.15, 0.2) is 60.7 Å². The average molecular weight is 323 g/mol. The van der Waals surface area contributed by atoms with E-state index in [4.69, 9.17) is 0 Å². The van der Waals surface area contributed by atoms with Crippen LogP contribution in [0.5, 0.6) is 0 Å². The molecule has 0 saturated carbocycles. The molecule has 0 aliphatic rings. The third-order valence-corrected chi connectivity index (χ3v) is 3.79. The van der Waals surface area contributed by atoms with Crippen molar-refractivity contribution < 1.29 is 9.18 Å². The Morgan fingerprint density at radius 1 is 1.12 bits per heavy atom. The molecule has 3 aromatic rings. The van der Waals surface area contributed by atoms with E-state index in [9.17, 15) is 9.18 Å². The Morgan fingerprint density at radius 3 is 2.54 bits per heavy atom. The molecule has 5 heteroatoms. The van der Waals surface area contributed by atoms with Crippen molar-refractivity contribution in [1.29, 1.82) is 0 Å². The number of halogens is 1. The third-order valence-electron chi connectivity index (χ3n) is 3.79. The Kier molecular flexibility index (Phi) is 4.70. The number of nitrogens with zero attached hydrogens (tertiary/aromatic N) is 2. The van der Waals surface area contributed by atoms with Crippen molar-refractivity contribution in [2.45, 2.75) is 6.42 Å². The van der Waals surface area contributed by atoms with Gasteiger partial charge in [-0.2, -0.15) is 5.10 Å². The molecule has 1 N–H and O–H groups in total. The van der Waals surface area contributed by atoms with Crippen molar-refractivity contribution in [3.63, 3.8) is 0 Å². The molecule has 0 unspecified atom stereocenters. The lowest BCUT2D eigenvalue weighted by molar-refractivity contribution is 0.0944. The zero-order chi connectivity index (χ0) is 16.9. The summed E-state index contributed by atoms with van der Waals surface area (Å²) in [4.78, 5) is 12.3. The molecule has 1 heterocycles. The molecule has 0 radical (unpaired) electrons. The van der Waals surface area contributed by atoms with E-state index in [0.717, 1.165) is 16.8 Å². The molecule has 0 aliphatic carbocycles. The second kappa shape index (κ2) is 7.08. The predicted octanol–water partition coefficient (Wildman–Crippen LogP) is 3.20. The molecule has 0 bridgehead atoms. The topological polar surface area (TPSA) is 46.9 Å². The van der Waals surface area contributed by atoms with E-state index in [1.807, 2.05) is 30.3 Å². The molecule has 4 nitrogen and oxygen atoms in total. The lowest BCUT2D eigenvalue weighted by Crippen LogP contribution is -2.27. The van der Waals surface area contributed by atoms with Crippen LogP contribution in [0.3, 0.4) is 0 Å². The van der Waals surface area contributed by atoms with E-state index >= 15 is 0 Å². The predicted molar refractivity (Wildman–Crippen MR) is 91.1 cm³/mol. The molecule has 0 aliphatic heterocycles. The van der Waals surface area contributed by atoms with E-state index in [0.29, 0.717) is 18.7 Å². The van der Waals surface area contributed by atoms with E-state index in [2.05, 4.69) is 10.4 Å². The zero-order valence-corrected chi connectivity index (χ0v) is 13.4. The van der Waals surface area contributed by atoms with Gasteiger partial charge < -0.3 is 5.32 Å². The summed E-state index contributed by atoms with van der Waals surface area (Å²) >= 11 is 0. The summed E-state index contributed by atoms with van der Waals surface area (Å²) in [6.45, 7) is 0.482. The summed E-state index contributed by atoms with van der Waals surface area (Å²) in [6.07, 6.45) is 0.648. The maximum atomic E-state index is 12.9. The first-order valence-electron chi connectivity index (χ1n) is 7.75. The summed E-state index contributed by atoms with van der Waals surface area (Å²) < 4.78 is 14.4. The van der Waals surface area contributed by atoms with Crippen molar-refractivity contribution >= 4 is 5.91 Å². The van der Waals surface area contributed by atoms with Gasteiger partial charge in [0.15, 0.2) is 0 Å². The minimum absolute atomic E-state index is 0.172. The average Bonchev–Trinajstić information content (AvgIpc) is 2.99. The van der Waals surface area contributed by atoms with Gasteiger partial charge in [-0.3, -0.25) is 9.48 Å². The van der Waals surface area contributed by atoms with Crippen LogP contribution < -0.4 is 5.32 Å². The summed E-state index contributed by atoms with van der Waals surface area (Å²) in [7, 11) is 1.75. The van der Waals surface area contributed by atoms with Crippen LogP contribution in [-0.2, 0) is 13.5 Å². The first kappa shape index (κ1) is 15.9. The molecule has 122 valence electrons. The van der Waals surface area contributed by atoms with E-state index < -0.39 is 0 Å². The monoisotopic (exact) mass is 323 g/mol. The largest absolute Gasteiger partial charge is 0.350 e. The highest BCUT2D eigenvalue weighted by Gasteiger charge is 2.13. The Morgan fingerprint density at radius 2 is 1.83 bits per heavy atom. The van der Waals surface area contributed by atoms with Crippen LogP contribution in [0.2, 0.25) is 0 Å². The number of aryl methyl sites for hydroxylation is 1. The van der Waals surface area contributed by atoms with Crippen LogP contribution in [0.1, 0.15) is 16.1 Å². The van der Waals surface area contributed by atoms with Crippen LogP contribution in [0.25, 0.3) is 11.3 Å². The van der Waals surface area contributed by atoms with Gasteiger partial charge in [0.25, 0.3) is 5.91 Å². The van der Waals surface area contributed by atoms with Gasteiger partial charge in [-0.15, -0.1) is 0 Å². The number of amides is 1. The fourth-order valence-corrected chi connectivity index (χ4v) is 2.49. The third kappa shape index (κ3) is 3.68. The van der Waals surface area contributed by atoms with Crippen LogP contribution in [-0.4, -0.2) is 22.2 Å². The Bertz CT molecular complexity index is 826. The maximum Gasteiger partial charge on any atom is 0.269 e. The Hall–Kier alpha value is -2.95. The van der Waals surface area contributed by atoms with Gasteiger partial charge in [0.2, 0.25) is 0 Å². The number of hydrogen-bond donors (Lipinski definition) is 1. The molecular formula is C19H18FN3O. The van der Waals surface area contributed by atoms with Gasteiger partial charge in [0.05, 0.1) is 5.69 Å². The summed E-state index contributed by atoms with van der Waals surface area (Å²) in [5.41, 5.74) is 3.22. The molecule has 0 fully saturated rings. The zero-order valence-electron chi connectivity index (χ0n) is 13.4. The molecule has 1 amide bonds. The summed E-state index contributed by atoms with van der Waals surface area (Å²) in [5, 5.41) is 7.27. The lowest BCUT2D eigenvalue weighted by atomic mass is 10.1. The van der Waals surface area contributed by atoms with Gasteiger partial charge in [-0.1, -0.05) is 42.5 Å². The summed E-state index contributed by atoms with van der Waals surface area (Å²) in [5.74, 6) is -0.430. The number of carbonyl (C=O) groups is 1. The molecule has 0 saturated heterocycles. The van der Waals surface area contributed by atoms with Gasteiger partial charge in [0.1, 0.15) is 11.5 Å². The number of rotatable bonds is 5. The first-order chi connectivity index (χ1) is 11.6. The fourth-order valence-electron chi connectivity index (χ4n) is 2.49. The fraction of sp³-hybridized carbons (Fsp3) is 0.158. The van der Waals surface area contributed by atoms with Crippen LogP contribution in [0, 0.1) is 5.82 Å². The second-order valence-electron chi connectivity index (χ2n) is 5.54. The number of nitrogens with one attached hydrogen (secondary N) is 1.